The third-order valence-corrected chi connectivity index (χ3v) is 5.19. The number of nitrogen functional groups attached to an aromatic ring is 1. The van der Waals surface area contributed by atoms with E-state index >= 15 is 0 Å². The normalized spacial score (nSPS) is 16.5. The fourth-order valence-corrected chi connectivity index (χ4v) is 3.65. The second-order valence-electron chi connectivity index (χ2n) is 5.24. The average Bonchev–Trinajstić information content (AvgIpc) is 3.16. The van der Waals surface area contributed by atoms with Gasteiger partial charge in [-0.3, -0.25) is 4.79 Å². The van der Waals surface area contributed by atoms with Gasteiger partial charge in [-0.25, -0.2) is 8.42 Å². The first kappa shape index (κ1) is 16.1. The molecule has 1 aromatic rings. The smallest absolute Gasteiger partial charge is 0.241 e. The highest BCUT2D eigenvalue weighted by Crippen LogP contribution is 2.26. The minimum atomic E-state index is -3.87. The third-order valence-electron chi connectivity index (χ3n) is 3.30. The van der Waals surface area contributed by atoms with Crippen LogP contribution in [0.3, 0.4) is 0 Å². The number of hydrogen-bond acceptors (Lipinski definition) is 4. The number of hydrogen-bond donors (Lipinski definition) is 3. The van der Waals surface area contributed by atoms with Crippen LogP contribution >= 0.6 is 11.6 Å². The van der Waals surface area contributed by atoms with Crippen molar-refractivity contribution >= 4 is 33.2 Å². The minimum absolute atomic E-state index is 0.0152. The van der Waals surface area contributed by atoms with Gasteiger partial charge in [-0.1, -0.05) is 11.6 Å². The van der Waals surface area contributed by atoms with Crippen LogP contribution in [0.2, 0.25) is 5.02 Å². The number of nitrogens with one attached hydrogen (secondary N) is 2. The maximum atomic E-state index is 12.4. The van der Waals surface area contributed by atoms with Gasteiger partial charge in [0.05, 0.1) is 10.9 Å². The van der Waals surface area contributed by atoms with E-state index in [0.29, 0.717) is 5.56 Å². The zero-order chi connectivity index (χ0) is 15.8. The molecule has 1 aromatic carbocycles. The summed E-state index contributed by atoms with van der Waals surface area (Å²) in [6.07, 6.45) is 1.88. The van der Waals surface area contributed by atoms with Crippen molar-refractivity contribution in [1.29, 1.82) is 0 Å². The fraction of sp³-hybridized carbons (Fsp3) is 0.462. The van der Waals surface area contributed by atoms with Gasteiger partial charge in [-0.15, -0.1) is 0 Å². The highest BCUT2D eigenvalue weighted by Gasteiger charge is 2.29. The van der Waals surface area contributed by atoms with Crippen molar-refractivity contribution in [3.8, 4) is 0 Å². The zero-order valence-corrected chi connectivity index (χ0v) is 13.4. The Morgan fingerprint density at radius 1 is 1.43 bits per heavy atom. The number of halogens is 1. The van der Waals surface area contributed by atoms with E-state index < -0.39 is 16.1 Å². The second kappa shape index (κ2) is 5.82. The van der Waals surface area contributed by atoms with Crippen molar-refractivity contribution < 1.29 is 13.2 Å². The lowest BCUT2D eigenvalue weighted by Crippen LogP contribution is -2.45. The summed E-state index contributed by atoms with van der Waals surface area (Å²) in [4.78, 5) is 11.8. The Bertz CT molecular complexity index is 671. The number of anilines is 1. The molecule has 1 aliphatic rings. The van der Waals surface area contributed by atoms with E-state index in [9.17, 15) is 13.2 Å². The highest BCUT2D eigenvalue weighted by molar-refractivity contribution is 7.89. The Balaban J connectivity index is 2.19. The fourth-order valence-electron chi connectivity index (χ4n) is 1.86. The predicted molar refractivity (Wildman–Crippen MR) is 81.5 cm³/mol. The third kappa shape index (κ3) is 3.87. The number of carbonyl (C=O) groups excluding carboxylic acids is 1. The second-order valence-corrected chi connectivity index (χ2v) is 7.36. The van der Waals surface area contributed by atoms with Crippen LogP contribution in [0.4, 0.5) is 5.69 Å². The number of sulfonamides is 1. The Kier molecular flexibility index (Phi) is 4.46. The lowest BCUT2D eigenvalue weighted by molar-refractivity contribution is -0.122. The maximum absolute atomic E-state index is 12.4. The van der Waals surface area contributed by atoms with Gasteiger partial charge in [0, 0.05) is 16.8 Å². The van der Waals surface area contributed by atoms with Gasteiger partial charge in [0.1, 0.15) is 0 Å². The van der Waals surface area contributed by atoms with Gasteiger partial charge >= 0.3 is 0 Å². The number of nitrogens with two attached hydrogens (primary N) is 1. The predicted octanol–water partition coefficient (Wildman–Crippen LogP) is 1.18. The van der Waals surface area contributed by atoms with Crippen LogP contribution in [0.1, 0.15) is 25.3 Å². The van der Waals surface area contributed by atoms with Crippen LogP contribution < -0.4 is 15.8 Å². The average molecular weight is 332 g/mol. The minimum Gasteiger partial charge on any atom is -0.398 e. The van der Waals surface area contributed by atoms with Crippen LogP contribution in [0.5, 0.6) is 0 Å². The molecule has 8 heteroatoms. The highest BCUT2D eigenvalue weighted by atomic mass is 35.5. The summed E-state index contributed by atoms with van der Waals surface area (Å²) in [5.41, 5.74) is 6.42. The molecule has 21 heavy (non-hydrogen) atoms. The Hall–Kier alpha value is -1.31. The lowest BCUT2D eigenvalue weighted by Gasteiger charge is -2.16. The molecule has 0 spiro atoms. The molecule has 0 heterocycles. The topological polar surface area (TPSA) is 101 Å². The quantitative estimate of drug-likeness (QED) is 0.705. The number of benzene rings is 1. The van der Waals surface area contributed by atoms with Crippen molar-refractivity contribution in [2.24, 2.45) is 0 Å². The maximum Gasteiger partial charge on any atom is 0.241 e. The Morgan fingerprint density at radius 2 is 2.05 bits per heavy atom. The molecule has 6 nitrogen and oxygen atoms in total. The number of carbonyl (C=O) groups is 1. The van der Waals surface area contributed by atoms with E-state index in [1.807, 2.05) is 0 Å². The first-order valence-corrected chi connectivity index (χ1v) is 8.45. The monoisotopic (exact) mass is 331 g/mol. The molecule has 1 aliphatic carbocycles. The van der Waals surface area contributed by atoms with E-state index in [1.54, 1.807) is 6.92 Å². The van der Waals surface area contributed by atoms with E-state index in [1.165, 1.54) is 19.1 Å². The van der Waals surface area contributed by atoms with Crippen LogP contribution in [0, 0.1) is 6.92 Å². The van der Waals surface area contributed by atoms with Crippen molar-refractivity contribution in [3.63, 3.8) is 0 Å². The van der Waals surface area contributed by atoms with Crippen molar-refractivity contribution in [1.82, 2.24) is 10.0 Å². The first-order valence-electron chi connectivity index (χ1n) is 6.59. The summed E-state index contributed by atoms with van der Waals surface area (Å²) in [7, 11) is -3.87. The molecular weight excluding hydrogens is 314 g/mol. The molecule has 0 radical (unpaired) electrons. The number of rotatable bonds is 5. The zero-order valence-electron chi connectivity index (χ0n) is 11.8. The van der Waals surface area contributed by atoms with Crippen molar-refractivity contribution in [2.45, 2.75) is 43.7 Å². The molecule has 116 valence electrons. The lowest BCUT2D eigenvalue weighted by atomic mass is 10.2. The van der Waals surface area contributed by atoms with Crippen molar-refractivity contribution in [2.75, 3.05) is 5.73 Å². The molecule has 1 atom stereocenters. The van der Waals surface area contributed by atoms with E-state index in [0.717, 1.165) is 12.8 Å². The molecule has 0 bridgehead atoms. The largest absolute Gasteiger partial charge is 0.398 e. The molecule has 1 amide bonds. The first-order chi connectivity index (χ1) is 9.70. The van der Waals surface area contributed by atoms with Crippen LogP contribution in [0.25, 0.3) is 0 Å². The van der Waals surface area contributed by atoms with Gasteiger partial charge in [0.25, 0.3) is 0 Å². The molecule has 4 N–H and O–H groups in total. The Morgan fingerprint density at radius 3 is 2.62 bits per heavy atom. The summed E-state index contributed by atoms with van der Waals surface area (Å²) in [6, 6.07) is 2.11. The summed E-state index contributed by atoms with van der Waals surface area (Å²) in [5.74, 6) is -0.339. The van der Waals surface area contributed by atoms with Crippen LogP contribution in [-0.4, -0.2) is 26.4 Å². The SMILES string of the molecule is Cc1c(N)cc(Cl)cc1S(=O)(=O)NC(C)C(=O)NC1CC1. The van der Waals surface area contributed by atoms with Crippen LogP contribution in [0.15, 0.2) is 17.0 Å². The summed E-state index contributed by atoms with van der Waals surface area (Å²) >= 11 is 5.85. The summed E-state index contributed by atoms with van der Waals surface area (Å²) in [6.45, 7) is 3.09. The number of amides is 1. The summed E-state index contributed by atoms with van der Waals surface area (Å²) in [5, 5.41) is 2.98. The molecule has 2 rings (SSSR count). The molecular formula is C13H18ClN3O3S. The summed E-state index contributed by atoms with van der Waals surface area (Å²) < 4.78 is 27.1. The van der Waals surface area contributed by atoms with Crippen LogP contribution in [-0.2, 0) is 14.8 Å². The van der Waals surface area contributed by atoms with Crippen molar-refractivity contribution in [3.05, 3.63) is 22.7 Å². The van der Waals surface area contributed by atoms with Gasteiger partial charge < -0.3 is 11.1 Å². The molecule has 0 aromatic heterocycles. The standard InChI is InChI=1S/C13H18ClN3O3S/c1-7-11(15)5-9(14)6-12(7)21(19,20)17-8(2)13(18)16-10-3-4-10/h5-6,8,10,17H,3-4,15H2,1-2H3,(H,16,18). The molecule has 0 aliphatic heterocycles. The van der Waals surface area contributed by atoms with E-state index in [4.69, 9.17) is 17.3 Å². The van der Waals surface area contributed by atoms with Gasteiger partial charge in [-0.05, 0) is 44.4 Å². The van der Waals surface area contributed by atoms with Gasteiger partial charge in [0.2, 0.25) is 15.9 Å². The van der Waals surface area contributed by atoms with Gasteiger partial charge in [-0.2, -0.15) is 4.72 Å². The molecule has 1 saturated carbocycles. The Labute approximate surface area is 129 Å². The van der Waals surface area contributed by atoms with Gasteiger partial charge in [0.15, 0.2) is 0 Å². The molecule has 1 unspecified atom stereocenters. The molecule has 0 saturated heterocycles. The van der Waals surface area contributed by atoms with E-state index in [2.05, 4.69) is 10.0 Å². The molecule has 1 fully saturated rings. The van der Waals surface area contributed by atoms with E-state index in [-0.39, 0.29) is 27.6 Å².